The maximum atomic E-state index is 12.3. The number of aryl methyl sites for hydroxylation is 1. The van der Waals surface area contributed by atoms with Gasteiger partial charge in [-0.3, -0.25) is 4.79 Å². The number of nitrogens with one attached hydrogen (secondary N) is 1. The largest absolute Gasteiger partial charge is 0.321 e. The van der Waals surface area contributed by atoms with Gasteiger partial charge in [-0.1, -0.05) is 11.6 Å². The first kappa shape index (κ1) is 15.4. The Morgan fingerprint density at radius 2 is 2.15 bits per heavy atom. The van der Waals surface area contributed by atoms with Gasteiger partial charge in [-0.2, -0.15) is 0 Å². The summed E-state index contributed by atoms with van der Waals surface area (Å²) in [5, 5.41) is 3.23. The molecule has 6 heteroatoms. The van der Waals surface area contributed by atoms with Gasteiger partial charge in [0.1, 0.15) is 4.60 Å². The van der Waals surface area contributed by atoms with E-state index in [9.17, 15) is 4.79 Å². The van der Waals surface area contributed by atoms with Crippen LogP contribution in [0.1, 0.15) is 15.9 Å². The molecule has 0 aliphatic rings. The van der Waals surface area contributed by atoms with Gasteiger partial charge in [-0.25, -0.2) is 4.98 Å². The van der Waals surface area contributed by atoms with Crippen molar-refractivity contribution in [1.82, 2.24) is 4.98 Å². The van der Waals surface area contributed by atoms with Crippen LogP contribution in [0.15, 0.2) is 40.0 Å². The fraction of sp³-hybridized carbons (Fsp3) is 0.143. The molecule has 20 heavy (non-hydrogen) atoms. The highest BCUT2D eigenvalue weighted by molar-refractivity contribution is 9.10. The predicted molar refractivity (Wildman–Crippen MR) is 87.9 cm³/mol. The molecule has 0 saturated carbocycles. The minimum Gasteiger partial charge on any atom is -0.321 e. The number of anilines is 1. The van der Waals surface area contributed by atoms with Gasteiger partial charge < -0.3 is 5.32 Å². The Kier molecular flexibility index (Phi) is 5.07. The molecule has 1 N–H and O–H groups in total. The highest BCUT2D eigenvalue weighted by Gasteiger charge is 2.12. The number of halogens is 2. The quantitative estimate of drug-likeness (QED) is 0.623. The molecule has 0 aliphatic carbocycles. The van der Waals surface area contributed by atoms with Gasteiger partial charge in [0.15, 0.2) is 0 Å². The van der Waals surface area contributed by atoms with Crippen LogP contribution in [-0.4, -0.2) is 17.1 Å². The van der Waals surface area contributed by atoms with Crippen molar-refractivity contribution in [2.75, 3.05) is 11.6 Å². The summed E-state index contributed by atoms with van der Waals surface area (Å²) in [6.45, 7) is 1.91. The van der Waals surface area contributed by atoms with E-state index in [1.54, 1.807) is 30.1 Å². The Bertz CT molecular complexity index is 664. The average molecular weight is 372 g/mol. The van der Waals surface area contributed by atoms with Gasteiger partial charge in [0, 0.05) is 4.90 Å². The first-order chi connectivity index (χ1) is 9.51. The van der Waals surface area contributed by atoms with Crippen LogP contribution in [0.25, 0.3) is 0 Å². The number of hydrogen-bond acceptors (Lipinski definition) is 3. The number of thioether (sulfide) groups is 1. The SMILES string of the molecule is CSc1ccc(Cl)c(C(=O)Nc2cnc(Br)c(C)c2)c1. The van der Waals surface area contributed by atoms with Gasteiger partial charge in [0.05, 0.1) is 22.5 Å². The molecule has 2 rings (SSSR count). The fourth-order valence-electron chi connectivity index (χ4n) is 1.63. The van der Waals surface area contributed by atoms with Crippen molar-refractivity contribution < 1.29 is 4.79 Å². The number of carbonyl (C=O) groups excluding carboxylic acids is 1. The predicted octanol–water partition coefficient (Wildman–Crippen LogP) is 4.78. The first-order valence-corrected chi connectivity index (χ1v) is 8.18. The van der Waals surface area contributed by atoms with Gasteiger partial charge in [-0.15, -0.1) is 11.8 Å². The zero-order valence-corrected chi connectivity index (χ0v) is 14.1. The van der Waals surface area contributed by atoms with Crippen molar-refractivity contribution in [3.05, 3.63) is 51.2 Å². The highest BCUT2D eigenvalue weighted by Crippen LogP contribution is 2.24. The number of aromatic nitrogens is 1. The van der Waals surface area contributed by atoms with E-state index in [0.717, 1.165) is 15.1 Å². The van der Waals surface area contributed by atoms with E-state index < -0.39 is 0 Å². The summed E-state index contributed by atoms with van der Waals surface area (Å²) < 4.78 is 0.762. The van der Waals surface area contributed by atoms with E-state index in [-0.39, 0.29) is 5.91 Å². The lowest BCUT2D eigenvalue weighted by Gasteiger charge is -2.09. The molecule has 1 amide bonds. The molecule has 1 heterocycles. The summed E-state index contributed by atoms with van der Waals surface area (Å²) in [4.78, 5) is 17.4. The molecular formula is C14H12BrClN2OS. The van der Waals surface area contributed by atoms with Crippen molar-refractivity contribution in [2.45, 2.75) is 11.8 Å². The standard InChI is InChI=1S/C14H12BrClN2OS/c1-8-5-9(7-17-13(8)15)18-14(19)11-6-10(20-2)3-4-12(11)16/h3-7H,1-2H3,(H,18,19). The first-order valence-electron chi connectivity index (χ1n) is 5.78. The van der Waals surface area contributed by atoms with Gasteiger partial charge in [-0.05, 0) is 58.9 Å². The molecule has 0 radical (unpaired) electrons. The third kappa shape index (κ3) is 3.53. The topological polar surface area (TPSA) is 42.0 Å². The van der Waals surface area contributed by atoms with Crippen molar-refractivity contribution in [2.24, 2.45) is 0 Å². The monoisotopic (exact) mass is 370 g/mol. The third-order valence-electron chi connectivity index (χ3n) is 2.69. The molecular weight excluding hydrogens is 360 g/mol. The van der Waals surface area contributed by atoms with E-state index in [0.29, 0.717) is 16.3 Å². The van der Waals surface area contributed by atoms with Crippen LogP contribution < -0.4 is 5.32 Å². The zero-order valence-electron chi connectivity index (χ0n) is 10.9. The van der Waals surface area contributed by atoms with Gasteiger partial charge >= 0.3 is 0 Å². The van der Waals surface area contributed by atoms with Crippen molar-refractivity contribution in [3.63, 3.8) is 0 Å². The van der Waals surface area contributed by atoms with Crippen LogP contribution in [-0.2, 0) is 0 Å². The molecule has 0 unspecified atom stereocenters. The normalized spacial score (nSPS) is 10.4. The molecule has 1 aromatic carbocycles. The molecule has 2 aromatic rings. The average Bonchev–Trinajstić information content (AvgIpc) is 2.43. The summed E-state index contributed by atoms with van der Waals surface area (Å²) >= 11 is 11.0. The third-order valence-corrected chi connectivity index (χ3v) is 4.58. The summed E-state index contributed by atoms with van der Waals surface area (Å²) in [5.74, 6) is -0.241. The maximum Gasteiger partial charge on any atom is 0.257 e. The number of rotatable bonds is 3. The number of nitrogens with zero attached hydrogens (tertiary/aromatic N) is 1. The van der Waals surface area contributed by atoms with E-state index in [4.69, 9.17) is 11.6 Å². The smallest absolute Gasteiger partial charge is 0.257 e. The molecule has 0 fully saturated rings. The summed E-state index contributed by atoms with van der Waals surface area (Å²) in [6.07, 6.45) is 3.55. The van der Waals surface area contributed by atoms with Gasteiger partial charge in [0.2, 0.25) is 0 Å². The Morgan fingerprint density at radius 1 is 1.40 bits per heavy atom. The van der Waals surface area contributed by atoms with Crippen LogP contribution in [0.2, 0.25) is 5.02 Å². The lowest BCUT2D eigenvalue weighted by Crippen LogP contribution is -2.13. The number of pyridine rings is 1. The molecule has 0 saturated heterocycles. The Hall–Kier alpha value is -1.04. The lowest BCUT2D eigenvalue weighted by atomic mass is 10.2. The number of amides is 1. The van der Waals surface area contributed by atoms with E-state index in [2.05, 4.69) is 26.2 Å². The van der Waals surface area contributed by atoms with Crippen LogP contribution in [0.5, 0.6) is 0 Å². The second-order valence-electron chi connectivity index (χ2n) is 4.13. The fourth-order valence-corrected chi connectivity index (χ4v) is 2.49. The van der Waals surface area contributed by atoms with Crippen LogP contribution in [0.4, 0.5) is 5.69 Å². The van der Waals surface area contributed by atoms with E-state index in [1.807, 2.05) is 25.3 Å². The van der Waals surface area contributed by atoms with Gasteiger partial charge in [0.25, 0.3) is 5.91 Å². The molecule has 0 bridgehead atoms. The minimum absolute atomic E-state index is 0.241. The number of hydrogen-bond donors (Lipinski definition) is 1. The molecule has 0 aliphatic heterocycles. The number of carbonyl (C=O) groups is 1. The summed E-state index contributed by atoms with van der Waals surface area (Å²) in [7, 11) is 0. The van der Waals surface area contributed by atoms with Crippen LogP contribution >= 0.6 is 39.3 Å². The van der Waals surface area contributed by atoms with Crippen molar-refractivity contribution >= 4 is 50.9 Å². The molecule has 104 valence electrons. The Morgan fingerprint density at radius 3 is 2.80 bits per heavy atom. The summed E-state index contributed by atoms with van der Waals surface area (Å²) in [6, 6.07) is 7.24. The maximum absolute atomic E-state index is 12.3. The number of benzene rings is 1. The lowest BCUT2D eigenvalue weighted by molar-refractivity contribution is 0.102. The summed E-state index contributed by atoms with van der Waals surface area (Å²) in [5.41, 5.74) is 2.05. The second-order valence-corrected chi connectivity index (χ2v) is 6.17. The van der Waals surface area contributed by atoms with Crippen molar-refractivity contribution in [3.8, 4) is 0 Å². The zero-order chi connectivity index (χ0) is 14.7. The second kappa shape index (κ2) is 6.61. The molecule has 3 nitrogen and oxygen atoms in total. The van der Waals surface area contributed by atoms with E-state index in [1.165, 1.54) is 0 Å². The molecule has 0 spiro atoms. The Balaban J connectivity index is 2.25. The minimum atomic E-state index is -0.241. The van der Waals surface area contributed by atoms with Crippen LogP contribution in [0.3, 0.4) is 0 Å². The highest BCUT2D eigenvalue weighted by atomic mass is 79.9. The molecule has 1 aromatic heterocycles. The molecule has 0 atom stereocenters. The van der Waals surface area contributed by atoms with E-state index >= 15 is 0 Å². The Labute approximate surface area is 135 Å². The van der Waals surface area contributed by atoms with Crippen molar-refractivity contribution in [1.29, 1.82) is 0 Å². The van der Waals surface area contributed by atoms with Crippen LogP contribution in [0, 0.1) is 6.92 Å².